The quantitative estimate of drug-likeness (QED) is 0.451. The SMILES string of the molecule is Cc1ccc2oc(C=CC(=O)Nc3ncc(Cc4ccc(F)cc4)s3)cc2c1. The van der Waals surface area contributed by atoms with Crippen molar-refractivity contribution in [2.45, 2.75) is 13.3 Å². The summed E-state index contributed by atoms with van der Waals surface area (Å²) in [6.45, 7) is 2.02. The van der Waals surface area contributed by atoms with Crippen molar-refractivity contribution in [1.82, 2.24) is 4.98 Å². The van der Waals surface area contributed by atoms with Crippen molar-refractivity contribution in [3.05, 3.63) is 88.4 Å². The first-order chi connectivity index (χ1) is 13.5. The van der Waals surface area contributed by atoms with Gasteiger partial charge in [-0.1, -0.05) is 23.8 Å². The predicted octanol–water partition coefficient (Wildman–Crippen LogP) is 5.58. The second kappa shape index (κ2) is 7.78. The number of aromatic nitrogens is 1. The molecule has 0 bridgehead atoms. The molecule has 0 fully saturated rings. The number of rotatable bonds is 5. The number of thiazole rings is 1. The maximum Gasteiger partial charge on any atom is 0.250 e. The van der Waals surface area contributed by atoms with Crippen LogP contribution in [0.5, 0.6) is 0 Å². The monoisotopic (exact) mass is 392 g/mol. The van der Waals surface area contributed by atoms with Gasteiger partial charge in [0.25, 0.3) is 0 Å². The van der Waals surface area contributed by atoms with Gasteiger partial charge in [-0.2, -0.15) is 0 Å². The number of benzene rings is 2. The molecule has 0 saturated carbocycles. The molecule has 140 valence electrons. The summed E-state index contributed by atoms with van der Waals surface area (Å²) in [5.74, 6) is 0.0820. The number of hydrogen-bond acceptors (Lipinski definition) is 4. The van der Waals surface area contributed by atoms with Crippen molar-refractivity contribution >= 4 is 39.4 Å². The number of nitrogens with one attached hydrogen (secondary N) is 1. The van der Waals surface area contributed by atoms with Crippen LogP contribution in [0.1, 0.15) is 21.8 Å². The fourth-order valence-electron chi connectivity index (χ4n) is 2.82. The van der Waals surface area contributed by atoms with Crippen molar-refractivity contribution in [2.24, 2.45) is 0 Å². The highest BCUT2D eigenvalue weighted by Gasteiger charge is 2.07. The van der Waals surface area contributed by atoms with Crippen LogP contribution in [-0.4, -0.2) is 10.9 Å². The first-order valence-electron chi connectivity index (χ1n) is 8.73. The molecule has 0 radical (unpaired) electrons. The van der Waals surface area contributed by atoms with Crippen LogP contribution in [-0.2, 0) is 11.2 Å². The van der Waals surface area contributed by atoms with E-state index in [0.717, 1.165) is 27.0 Å². The van der Waals surface area contributed by atoms with Crippen molar-refractivity contribution in [3.8, 4) is 0 Å². The number of halogens is 1. The van der Waals surface area contributed by atoms with E-state index in [-0.39, 0.29) is 11.7 Å². The number of carbonyl (C=O) groups is 1. The van der Waals surface area contributed by atoms with Gasteiger partial charge in [0.05, 0.1) is 0 Å². The minimum atomic E-state index is -0.278. The van der Waals surface area contributed by atoms with E-state index in [9.17, 15) is 9.18 Å². The molecule has 0 aliphatic rings. The third-order valence-corrected chi connectivity index (χ3v) is 5.08. The normalized spacial score (nSPS) is 11.4. The lowest BCUT2D eigenvalue weighted by Gasteiger charge is -1.98. The lowest BCUT2D eigenvalue weighted by Crippen LogP contribution is -2.06. The van der Waals surface area contributed by atoms with E-state index in [2.05, 4.69) is 10.3 Å². The Morgan fingerprint density at radius 1 is 1.21 bits per heavy atom. The number of nitrogens with zero attached hydrogens (tertiary/aromatic N) is 1. The first-order valence-corrected chi connectivity index (χ1v) is 9.55. The van der Waals surface area contributed by atoms with Gasteiger partial charge in [0, 0.05) is 29.0 Å². The molecule has 2 aromatic carbocycles. The van der Waals surface area contributed by atoms with E-state index in [4.69, 9.17) is 4.42 Å². The van der Waals surface area contributed by atoms with Crippen LogP contribution in [0, 0.1) is 12.7 Å². The Morgan fingerprint density at radius 2 is 2.04 bits per heavy atom. The molecule has 0 unspecified atom stereocenters. The number of fused-ring (bicyclic) bond motifs is 1. The molecule has 2 aromatic heterocycles. The van der Waals surface area contributed by atoms with E-state index < -0.39 is 0 Å². The molecule has 4 nitrogen and oxygen atoms in total. The average molecular weight is 392 g/mol. The number of hydrogen-bond donors (Lipinski definition) is 1. The number of amides is 1. The summed E-state index contributed by atoms with van der Waals surface area (Å²) < 4.78 is 18.7. The predicted molar refractivity (Wildman–Crippen MR) is 110 cm³/mol. The smallest absolute Gasteiger partial charge is 0.250 e. The summed E-state index contributed by atoms with van der Waals surface area (Å²) in [5.41, 5.74) is 2.93. The Balaban J connectivity index is 1.38. The summed E-state index contributed by atoms with van der Waals surface area (Å²) in [5, 5.41) is 4.28. The van der Waals surface area contributed by atoms with E-state index >= 15 is 0 Å². The van der Waals surface area contributed by atoms with E-state index in [1.807, 2.05) is 31.2 Å². The summed E-state index contributed by atoms with van der Waals surface area (Å²) in [6.07, 6.45) is 5.42. The first kappa shape index (κ1) is 18.1. The molecule has 1 N–H and O–H groups in total. The second-order valence-corrected chi connectivity index (χ2v) is 7.56. The zero-order chi connectivity index (χ0) is 19.5. The summed E-state index contributed by atoms with van der Waals surface area (Å²) >= 11 is 1.39. The molecule has 1 amide bonds. The molecule has 0 spiro atoms. The molecular formula is C22H17FN2O2S. The molecule has 2 heterocycles. The molecule has 4 aromatic rings. The Bertz CT molecular complexity index is 1160. The van der Waals surface area contributed by atoms with Crippen LogP contribution in [0.4, 0.5) is 9.52 Å². The topological polar surface area (TPSA) is 55.1 Å². The molecule has 0 aliphatic heterocycles. The number of furan rings is 1. The maximum atomic E-state index is 13.0. The third kappa shape index (κ3) is 4.35. The molecule has 4 rings (SSSR count). The van der Waals surface area contributed by atoms with Crippen LogP contribution in [0.25, 0.3) is 17.0 Å². The maximum absolute atomic E-state index is 13.0. The highest BCUT2D eigenvalue weighted by molar-refractivity contribution is 7.15. The van der Waals surface area contributed by atoms with E-state index in [0.29, 0.717) is 17.3 Å². The van der Waals surface area contributed by atoms with Crippen LogP contribution in [0.15, 0.2) is 65.2 Å². The van der Waals surface area contributed by atoms with Gasteiger partial charge in [-0.25, -0.2) is 9.37 Å². The molecule has 0 atom stereocenters. The minimum absolute atomic E-state index is 0.257. The van der Waals surface area contributed by atoms with Gasteiger partial charge in [-0.05, 0) is 48.9 Å². The highest BCUT2D eigenvalue weighted by Crippen LogP contribution is 2.23. The Hall–Kier alpha value is -3.25. The largest absolute Gasteiger partial charge is 0.457 e. The lowest BCUT2D eigenvalue weighted by molar-refractivity contribution is -0.111. The third-order valence-electron chi connectivity index (χ3n) is 4.17. The Labute approximate surface area is 165 Å². The van der Waals surface area contributed by atoms with Crippen LogP contribution in [0.3, 0.4) is 0 Å². The van der Waals surface area contributed by atoms with Crippen molar-refractivity contribution in [3.63, 3.8) is 0 Å². The summed E-state index contributed by atoms with van der Waals surface area (Å²) in [6, 6.07) is 14.2. The van der Waals surface area contributed by atoms with E-state index in [1.165, 1.54) is 29.5 Å². The molecule has 0 saturated heterocycles. The van der Waals surface area contributed by atoms with Crippen LogP contribution >= 0.6 is 11.3 Å². The number of aryl methyl sites for hydroxylation is 1. The summed E-state index contributed by atoms with van der Waals surface area (Å²) in [4.78, 5) is 17.4. The molecule has 6 heteroatoms. The lowest BCUT2D eigenvalue weighted by atomic mass is 10.1. The number of carbonyl (C=O) groups excluding carboxylic acids is 1. The van der Waals surface area contributed by atoms with Gasteiger partial charge in [0.15, 0.2) is 5.13 Å². The fraction of sp³-hybridized carbons (Fsp3) is 0.0909. The minimum Gasteiger partial charge on any atom is -0.457 e. The van der Waals surface area contributed by atoms with Crippen LogP contribution < -0.4 is 5.32 Å². The standard InChI is InChI=1S/C22H17FN2O2S/c1-14-2-8-20-16(10-14)12-18(27-20)7-9-21(26)25-22-24-13-19(28-22)11-15-3-5-17(23)6-4-15/h2-10,12-13H,11H2,1H3,(H,24,25,26). The molecular weight excluding hydrogens is 375 g/mol. The van der Waals surface area contributed by atoms with Crippen molar-refractivity contribution in [2.75, 3.05) is 5.32 Å². The Morgan fingerprint density at radius 3 is 2.86 bits per heavy atom. The molecule has 28 heavy (non-hydrogen) atoms. The zero-order valence-electron chi connectivity index (χ0n) is 15.1. The van der Waals surface area contributed by atoms with E-state index in [1.54, 1.807) is 24.4 Å². The zero-order valence-corrected chi connectivity index (χ0v) is 15.9. The van der Waals surface area contributed by atoms with Crippen molar-refractivity contribution in [1.29, 1.82) is 0 Å². The Kier molecular flexibility index (Phi) is 5.04. The van der Waals surface area contributed by atoms with Gasteiger partial charge in [0.2, 0.25) is 5.91 Å². The van der Waals surface area contributed by atoms with Gasteiger partial charge >= 0.3 is 0 Å². The average Bonchev–Trinajstić information content (AvgIpc) is 3.28. The van der Waals surface area contributed by atoms with Gasteiger partial charge in [-0.15, -0.1) is 11.3 Å². The highest BCUT2D eigenvalue weighted by atomic mass is 32.1. The van der Waals surface area contributed by atoms with Crippen molar-refractivity contribution < 1.29 is 13.6 Å². The number of anilines is 1. The second-order valence-electron chi connectivity index (χ2n) is 6.45. The van der Waals surface area contributed by atoms with Gasteiger partial charge in [-0.3, -0.25) is 10.1 Å². The van der Waals surface area contributed by atoms with Crippen LogP contribution in [0.2, 0.25) is 0 Å². The van der Waals surface area contributed by atoms with Gasteiger partial charge in [0.1, 0.15) is 17.2 Å². The van der Waals surface area contributed by atoms with Gasteiger partial charge < -0.3 is 4.42 Å². The fourth-order valence-corrected chi connectivity index (χ4v) is 3.67. The summed E-state index contributed by atoms with van der Waals surface area (Å²) in [7, 11) is 0. The molecule has 0 aliphatic carbocycles.